The molecule has 0 amide bonds. The van der Waals surface area contributed by atoms with Crippen LogP contribution in [0.3, 0.4) is 0 Å². The zero-order chi connectivity index (χ0) is 7.68. The Morgan fingerprint density at radius 2 is 2.18 bits per heavy atom. The van der Waals surface area contributed by atoms with Crippen molar-refractivity contribution >= 4 is 6.29 Å². The van der Waals surface area contributed by atoms with Gasteiger partial charge in [-0.3, -0.25) is 4.79 Å². The highest BCUT2D eigenvalue weighted by Gasteiger charge is 2.06. The van der Waals surface area contributed by atoms with Crippen LogP contribution in [0.1, 0.15) is 10.4 Å². The molecule has 0 saturated heterocycles. The van der Waals surface area contributed by atoms with Crippen molar-refractivity contribution in [3.05, 3.63) is 36.3 Å². The third-order valence-corrected chi connectivity index (χ3v) is 1.70. The van der Waals surface area contributed by atoms with Crippen molar-refractivity contribution < 1.29 is 9.21 Å². The Kier molecular flexibility index (Phi) is 1.25. The monoisotopic (exact) mass is 146 g/mol. The number of fused-ring (bicyclic) bond motifs is 1. The second-order valence-electron chi connectivity index (χ2n) is 2.33. The zero-order valence-corrected chi connectivity index (χ0v) is 5.78. The maximum Gasteiger partial charge on any atom is 0.150 e. The highest BCUT2D eigenvalue weighted by Crippen LogP contribution is 2.25. The Morgan fingerprint density at radius 3 is 3.00 bits per heavy atom. The number of carbonyl (C=O) groups excluding carboxylic acids is 1. The molecule has 0 unspecified atom stereocenters. The fourth-order valence-electron chi connectivity index (χ4n) is 1.14. The van der Waals surface area contributed by atoms with Gasteiger partial charge in [-0.15, -0.1) is 0 Å². The van der Waals surface area contributed by atoms with Gasteiger partial charge in [0.15, 0.2) is 6.29 Å². The van der Waals surface area contributed by atoms with Crippen molar-refractivity contribution in [1.29, 1.82) is 0 Å². The molecule has 0 aromatic carbocycles. The van der Waals surface area contributed by atoms with Gasteiger partial charge in [-0.25, -0.2) is 0 Å². The van der Waals surface area contributed by atoms with Crippen molar-refractivity contribution in [3.63, 3.8) is 0 Å². The van der Waals surface area contributed by atoms with Crippen LogP contribution in [-0.4, -0.2) is 6.29 Å². The Bertz CT molecular complexity index is 349. The maximum absolute atomic E-state index is 10.5. The van der Waals surface area contributed by atoms with Gasteiger partial charge in [0.2, 0.25) is 0 Å². The molecule has 1 aliphatic carbocycles. The van der Waals surface area contributed by atoms with E-state index in [2.05, 4.69) is 0 Å². The molecule has 0 radical (unpaired) electrons. The van der Waals surface area contributed by atoms with E-state index in [1.807, 2.05) is 6.07 Å². The molecule has 0 saturated carbocycles. The lowest BCUT2D eigenvalue weighted by Gasteiger charge is -1.95. The van der Waals surface area contributed by atoms with E-state index in [9.17, 15) is 4.79 Å². The predicted octanol–water partition coefficient (Wildman–Crippen LogP) is 2.20. The van der Waals surface area contributed by atoms with Crippen molar-refractivity contribution in [3.8, 4) is 11.1 Å². The van der Waals surface area contributed by atoms with Gasteiger partial charge in [-0.1, -0.05) is 12.1 Å². The van der Waals surface area contributed by atoms with E-state index in [1.54, 1.807) is 24.7 Å². The maximum atomic E-state index is 10.5. The fourth-order valence-corrected chi connectivity index (χ4v) is 1.14. The van der Waals surface area contributed by atoms with E-state index >= 15 is 0 Å². The topological polar surface area (TPSA) is 30.2 Å². The van der Waals surface area contributed by atoms with Crippen molar-refractivity contribution in [2.24, 2.45) is 0 Å². The number of rotatable bonds is 1. The average Bonchev–Trinajstić information content (AvgIpc) is 2.47. The van der Waals surface area contributed by atoms with Crippen LogP contribution in [0.25, 0.3) is 11.1 Å². The Morgan fingerprint density at radius 1 is 1.27 bits per heavy atom. The van der Waals surface area contributed by atoms with Gasteiger partial charge in [-0.2, -0.15) is 0 Å². The second-order valence-corrected chi connectivity index (χ2v) is 2.33. The number of hydrogen-bond donors (Lipinski definition) is 0. The summed E-state index contributed by atoms with van der Waals surface area (Å²) in [5.74, 6) is 0. The highest BCUT2D eigenvalue weighted by atomic mass is 16.3. The van der Waals surface area contributed by atoms with Crippen LogP contribution in [0.5, 0.6) is 0 Å². The van der Waals surface area contributed by atoms with Crippen LogP contribution in [0.15, 0.2) is 35.1 Å². The van der Waals surface area contributed by atoms with Crippen LogP contribution >= 0.6 is 0 Å². The standard InChI is InChI=1S/C9H6O2/c10-5-7-1-2-8-6-11-4-3-9(7)8/h1-6H. The molecule has 54 valence electrons. The van der Waals surface area contributed by atoms with Gasteiger partial charge in [0.1, 0.15) is 0 Å². The van der Waals surface area contributed by atoms with Gasteiger partial charge < -0.3 is 4.42 Å². The zero-order valence-electron chi connectivity index (χ0n) is 5.78. The van der Waals surface area contributed by atoms with Crippen LogP contribution in [-0.2, 0) is 0 Å². The number of aldehydes is 1. The smallest absolute Gasteiger partial charge is 0.150 e. The molecule has 0 aromatic rings. The van der Waals surface area contributed by atoms with E-state index in [0.717, 1.165) is 23.0 Å². The number of carbonyl (C=O) groups is 1. The quantitative estimate of drug-likeness (QED) is 0.577. The molecule has 1 heterocycles. The molecule has 1 aliphatic heterocycles. The lowest BCUT2D eigenvalue weighted by atomic mass is 10.1. The van der Waals surface area contributed by atoms with Gasteiger partial charge in [-0.05, 0) is 11.6 Å². The van der Waals surface area contributed by atoms with Crippen molar-refractivity contribution in [1.82, 2.24) is 0 Å². The third-order valence-electron chi connectivity index (χ3n) is 1.70. The van der Waals surface area contributed by atoms with E-state index in [1.165, 1.54) is 0 Å². The fraction of sp³-hybridized carbons (Fsp3) is 0. The van der Waals surface area contributed by atoms with Gasteiger partial charge >= 0.3 is 0 Å². The molecule has 2 nitrogen and oxygen atoms in total. The summed E-state index contributed by atoms with van der Waals surface area (Å²) in [6.45, 7) is 0. The first-order valence-corrected chi connectivity index (χ1v) is 3.32. The van der Waals surface area contributed by atoms with Crippen LogP contribution in [0.4, 0.5) is 0 Å². The van der Waals surface area contributed by atoms with E-state index in [4.69, 9.17) is 4.42 Å². The molecule has 11 heavy (non-hydrogen) atoms. The lowest BCUT2D eigenvalue weighted by molar-refractivity contribution is 0.112. The van der Waals surface area contributed by atoms with E-state index in [0.29, 0.717) is 0 Å². The Balaban J connectivity index is 2.73. The SMILES string of the molecule is O=Cc1ccc2coccc1-2. The molecule has 0 fully saturated rings. The summed E-state index contributed by atoms with van der Waals surface area (Å²) >= 11 is 0. The molecule has 2 rings (SSSR count). The molecular formula is C9H6O2. The van der Waals surface area contributed by atoms with E-state index in [-0.39, 0.29) is 0 Å². The first-order chi connectivity index (χ1) is 5.42. The Hall–Kier alpha value is -1.57. The second kappa shape index (κ2) is 2.23. The van der Waals surface area contributed by atoms with Crippen LogP contribution < -0.4 is 0 Å². The molecule has 2 aliphatic rings. The van der Waals surface area contributed by atoms with Gasteiger partial charge in [0.05, 0.1) is 12.5 Å². The molecular weight excluding hydrogens is 140 g/mol. The van der Waals surface area contributed by atoms with Gasteiger partial charge in [0, 0.05) is 11.1 Å². The molecule has 0 aromatic heterocycles. The average molecular weight is 146 g/mol. The first kappa shape index (κ1) is 6.16. The largest absolute Gasteiger partial charge is 0.472 e. The summed E-state index contributed by atoms with van der Waals surface area (Å²) < 4.78 is 4.93. The minimum Gasteiger partial charge on any atom is -0.472 e. The van der Waals surface area contributed by atoms with Crippen LogP contribution in [0, 0.1) is 0 Å². The summed E-state index contributed by atoms with van der Waals surface area (Å²) in [7, 11) is 0. The van der Waals surface area contributed by atoms with Crippen LogP contribution in [0.2, 0.25) is 0 Å². The van der Waals surface area contributed by atoms with E-state index < -0.39 is 0 Å². The van der Waals surface area contributed by atoms with Gasteiger partial charge in [0.25, 0.3) is 0 Å². The normalized spacial score (nSPS) is 10.2. The molecule has 0 bridgehead atoms. The minimum absolute atomic E-state index is 0.718. The number of hydrogen-bond acceptors (Lipinski definition) is 2. The van der Waals surface area contributed by atoms with Crippen molar-refractivity contribution in [2.45, 2.75) is 0 Å². The summed E-state index contributed by atoms with van der Waals surface area (Å²) in [5, 5.41) is 0. The lowest BCUT2D eigenvalue weighted by Crippen LogP contribution is -1.77. The predicted molar refractivity (Wildman–Crippen MR) is 40.7 cm³/mol. The summed E-state index contributed by atoms with van der Waals surface area (Å²) in [5.41, 5.74) is 2.64. The molecule has 2 heteroatoms. The third kappa shape index (κ3) is 0.835. The first-order valence-electron chi connectivity index (χ1n) is 3.32. The molecule has 0 spiro atoms. The summed E-state index contributed by atoms with van der Waals surface area (Å²) in [6, 6.07) is 5.44. The Labute approximate surface area is 63.8 Å². The van der Waals surface area contributed by atoms with Crippen molar-refractivity contribution in [2.75, 3.05) is 0 Å². The summed E-state index contributed by atoms with van der Waals surface area (Å²) in [6.07, 6.45) is 4.04. The molecule has 0 atom stereocenters. The molecule has 0 N–H and O–H groups in total. The summed E-state index contributed by atoms with van der Waals surface area (Å²) in [4.78, 5) is 10.5. The minimum atomic E-state index is 0.718. The highest BCUT2D eigenvalue weighted by molar-refractivity contribution is 5.89.